The number of benzene rings is 1. The molecule has 7 heteroatoms. The van der Waals surface area contributed by atoms with Crippen molar-refractivity contribution in [1.29, 1.82) is 0 Å². The summed E-state index contributed by atoms with van der Waals surface area (Å²) in [6.45, 7) is 2.27. The number of para-hydroxylation sites is 1. The molecular formula is C19H29N5OSi. The summed E-state index contributed by atoms with van der Waals surface area (Å²) in [5, 5.41) is 1.31. The zero-order valence-corrected chi connectivity index (χ0v) is 18.0. The summed E-state index contributed by atoms with van der Waals surface area (Å²) in [5.74, 6) is 0.651. The van der Waals surface area contributed by atoms with Gasteiger partial charge in [0.1, 0.15) is 0 Å². The van der Waals surface area contributed by atoms with Gasteiger partial charge in [0.05, 0.1) is 17.1 Å². The van der Waals surface area contributed by atoms with Gasteiger partial charge in [0.25, 0.3) is 0 Å². The standard InChI is InChI=1S/C19H29N5OSi/c1-22(2)11-6-10-17(25)23-12-4-3-7-14(13-23)24-18-15(21-19(24)20)8-5-9-16(18)26/h5-6,8-10,14H,3-4,7,11-13H2,1-2,26H3,(H2,20,21)/b10-6+. The van der Waals surface area contributed by atoms with Gasteiger partial charge in [-0.3, -0.25) is 4.79 Å². The lowest BCUT2D eigenvalue weighted by Crippen LogP contribution is -2.35. The molecule has 1 aromatic heterocycles. The number of imidazole rings is 1. The van der Waals surface area contributed by atoms with E-state index in [1.54, 1.807) is 6.08 Å². The van der Waals surface area contributed by atoms with Gasteiger partial charge in [-0.2, -0.15) is 0 Å². The first-order valence-corrected chi connectivity index (χ1v) is 10.3. The fourth-order valence-electron chi connectivity index (χ4n) is 3.71. The molecule has 0 aliphatic carbocycles. The first-order chi connectivity index (χ1) is 12.5. The Morgan fingerprint density at radius 3 is 3.00 bits per heavy atom. The van der Waals surface area contributed by atoms with Gasteiger partial charge in [-0.05, 0) is 44.6 Å². The molecule has 1 atom stereocenters. The number of likely N-dealkylation sites (N-methyl/N-ethyl adjacent to an activating group) is 1. The van der Waals surface area contributed by atoms with Crippen LogP contribution in [-0.4, -0.2) is 69.2 Å². The van der Waals surface area contributed by atoms with Crippen LogP contribution in [0.2, 0.25) is 0 Å². The number of likely N-dealkylation sites (tertiary alicyclic amines) is 1. The van der Waals surface area contributed by atoms with Crippen molar-refractivity contribution in [3.8, 4) is 0 Å². The van der Waals surface area contributed by atoms with E-state index in [9.17, 15) is 4.79 Å². The lowest BCUT2D eigenvalue weighted by molar-refractivity contribution is -0.126. The summed E-state index contributed by atoms with van der Waals surface area (Å²) in [4.78, 5) is 21.2. The lowest BCUT2D eigenvalue weighted by atomic mass is 10.1. The number of carbonyl (C=O) groups is 1. The molecule has 2 N–H and O–H groups in total. The van der Waals surface area contributed by atoms with E-state index in [2.05, 4.69) is 15.6 Å². The number of hydrogen-bond donors (Lipinski definition) is 1. The molecule has 140 valence electrons. The monoisotopic (exact) mass is 371 g/mol. The Bertz CT molecular complexity index is 814. The normalized spacial score (nSPS) is 18.9. The van der Waals surface area contributed by atoms with Crippen LogP contribution in [0.25, 0.3) is 11.0 Å². The van der Waals surface area contributed by atoms with Crippen LogP contribution in [0.15, 0.2) is 30.4 Å². The molecule has 1 aliphatic rings. The second-order valence-corrected chi connectivity index (χ2v) is 8.46. The van der Waals surface area contributed by atoms with Crippen molar-refractivity contribution < 1.29 is 4.79 Å². The molecule has 3 rings (SSSR count). The van der Waals surface area contributed by atoms with Crippen LogP contribution in [-0.2, 0) is 4.79 Å². The Hall–Kier alpha value is -2.12. The Labute approximate surface area is 158 Å². The summed E-state index contributed by atoms with van der Waals surface area (Å²) >= 11 is 0. The number of carbonyl (C=O) groups excluding carboxylic acids is 1. The molecule has 2 heterocycles. The van der Waals surface area contributed by atoms with Crippen molar-refractivity contribution in [3.63, 3.8) is 0 Å². The quantitative estimate of drug-likeness (QED) is 0.619. The lowest BCUT2D eigenvalue weighted by Gasteiger charge is -2.26. The molecule has 1 fully saturated rings. The maximum absolute atomic E-state index is 12.6. The molecule has 1 saturated heterocycles. The van der Waals surface area contributed by atoms with E-state index in [-0.39, 0.29) is 11.9 Å². The summed E-state index contributed by atoms with van der Waals surface area (Å²) in [7, 11) is 4.94. The first-order valence-electron chi connectivity index (χ1n) is 9.30. The molecule has 2 aromatic rings. The highest BCUT2D eigenvalue weighted by Gasteiger charge is 2.25. The van der Waals surface area contributed by atoms with Crippen molar-refractivity contribution in [2.45, 2.75) is 25.3 Å². The van der Waals surface area contributed by atoms with Crippen LogP contribution in [0.5, 0.6) is 0 Å². The van der Waals surface area contributed by atoms with E-state index in [1.165, 1.54) is 5.19 Å². The maximum Gasteiger partial charge on any atom is 0.246 e. The van der Waals surface area contributed by atoms with E-state index >= 15 is 0 Å². The minimum absolute atomic E-state index is 0.0906. The zero-order valence-electron chi connectivity index (χ0n) is 16.0. The van der Waals surface area contributed by atoms with Gasteiger partial charge in [-0.15, -0.1) is 0 Å². The minimum Gasteiger partial charge on any atom is -0.369 e. The molecule has 0 radical (unpaired) electrons. The number of nitrogens with two attached hydrogens (primary N) is 1. The maximum atomic E-state index is 12.6. The van der Waals surface area contributed by atoms with Crippen molar-refractivity contribution in [2.75, 3.05) is 39.5 Å². The highest BCUT2D eigenvalue weighted by molar-refractivity contribution is 6.38. The SMILES string of the molecule is CN(C)C/C=C/C(=O)N1CCCCC(n2c(N)nc3cccc([SiH3])c32)C1. The van der Waals surface area contributed by atoms with E-state index in [1.807, 2.05) is 42.1 Å². The van der Waals surface area contributed by atoms with Crippen molar-refractivity contribution in [2.24, 2.45) is 0 Å². The highest BCUT2D eigenvalue weighted by atomic mass is 28.1. The number of amides is 1. The molecule has 6 nitrogen and oxygen atoms in total. The third-order valence-corrected chi connectivity index (χ3v) is 5.80. The molecule has 1 amide bonds. The van der Waals surface area contributed by atoms with Crippen molar-refractivity contribution in [3.05, 3.63) is 30.4 Å². The van der Waals surface area contributed by atoms with Crippen LogP contribution in [0.4, 0.5) is 5.95 Å². The van der Waals surface area contributed by atoms with Gasteiger partial charge < -0.3 is 20.1 Å². The van der Waals surface area contributed by atoms with Gasteiger partial charge in [0.15, 0.2) is 0 Å². The Balaban J connectivity index is 1.86. The average Bonchev–Trinajstić information content (AvgIpc) is 2.77. The number of fused-ring (bicyclic) bond motifs is 1. The van der Waals surface area contributed by atoms with E-state index in [0.717, 1.165) is 53.6 Å². The summed E-state index contributed by atoms with van der Waals surface area (Å²) in [6, 6.07) is 6.40. The summed E-state index contributed by atoms with van der Waals surface area (Å²) in [5.41, 5.74) is 8.40. The van der Waals surface area contributed by atoms with Gasteiger partial charge in [0, 0.05) is 36.0 Å². The number of nitrogen functional groups attached to an aromatic ring is 1. The predicted octanol–water partition coefficient (Wildman–Crippen LogP) is 0.281. The van der Waals surface area contributed by atoms with Crippen molar-refractivity contribution >= 4 is 38.3 Å². The first kappa shape index (κ1) is 18.7. The molecule has 0 spiro atoms. The Morgan fingerprint density at radius 2 is 2.23 bits per heavy atom. The highest BCUT2D eigenvalue weighted by Crippen LogP contribution is 2.28. The van der Waals surface area contributed by atoms with E-state index in [4.69, 9.17) is 5.73 Å². The second-order valence-electron chi connectivity index (χ2n) is 7.38. The third kappa shape index (κ3) is 3.99. The Kier molecular flexibility index (Phi) is 5.78. The molecular weight excluding hydrogens is 342 g/mol. The van der Waals surface area contributed by atoms with Crippen LogP contribution in [0.1, 0.15) is 25.3 Å². The average molecular weight is 372 g/mol. The number of aromatic nitrogens is 2. The van der Waals surface area contributed by atoms with Crippen LogP contribution < -0.4 is 10.9 Å². The molecule has 1 aliphatic heterocycles. The smallest absolute Gasteiger partial charge is 0.246 e. The number of anilines is 1. The Morgan fingerprint density at radius 1 is 1.42 bits per heavy atom. The second kappa shape index (κ2) is 8.05. The predicted molar refractivity (Wildman–Crippen MR) is 111 cm³/mol. The van der Waals surface area contributed by atoms with Crippen LogP contribution in [0, 0.1) is 0 Å². The third-order valence-electron chi connectivity index (χ3n) is 4.99. The molecule has 26 heavy (non-hydrogen) atoms. The van der Waals surface area contributed by atoms with Gasteiger partial charge >= 0.3 is 0 Å². The molecule has 1 unspecified atom stereocenters. The fourth-order valence-corrected chi connectivity index (χ4v) is 4.40. The van der Waals surface area contributed by atoms with Gasteiger partial charge in [-0.1, -0.05) is 18.2 Å². The minimum atomic E-state index is 0.0906. The van der Waals surface area contributed by atoms with Gasteiger partial charge in [-0.25, -0.2) is 4.98 Å². The zero-order chi connectivity index (χ0) is 18.7. The number of rotatable bonds is 4. The van der Waals surface area contributed by atoms with Crippen molar-refractivity contribution in [1.82, 2.24) is 19.4 Å². The van der Waals surface area contributed by atoms with Crippen LogP contribution >= 0.6 is 0 Å². The van der Waals surface area contributed by atoms with Crippen LogP contribution in [0.3, 0.4) is 0 Å². The molecule has 0 bridgehead atoms. The van der Waals surface area contributed by atoms with E-state index in [0.29, 0.717) is 12.5 Å². The number of nitrogens with zero attached hydrogens (tertiary/aromatic N) is 4. The molecule has 1 aromatic carbocycles. The fraction of sp³-hybridized carbons (Fsp3) is 0.474. The topological polar surface area (TPSA) is 67.4 Å². The van der Waals surface area contributed by atoms with Gasteiger partial charge in [0.2, 0.25) is 11.9 Å². The summed E-state index contributed by atoms with van der Waals surface area (Å²) < 4.78 is 2.17. The van der Waals surface area contributed by atoms with E-state index < -0.39 is 0 Å². The number of hydrogen-bond acceptors (Lipinski definition) is 4. The summed E-state index contributed by atoms with van der Waals surface area (Å²) in [6.07, 6.45) is 6.79. The molecule has 0 saturated carbocycles. The largest absolute Gasteiger partial charge is 0.369 e.